The molecule has 0 saturated carbocycles. The summed E-state index contributed by atoms with van der Waals surface area (Å²) in [6.45, 7) is 3.99. The summed E-state index contributed by atoms with van der Waals surface area (Å²) in [5.74, 6) is 0. The molecule has 0 amide bonds. The number of nitrogens with one attached hydrogen (secondary N) is 1. The van der Waals surface area contributed by atoms with Crippen molar-refractivity contribution in [3.63, 3.8) is 0 Å². The standard InChI is InChI=1S/C14H17NO2S2/c1-3-13(12-8-6-11(2)7-9-12)15-19(16,17)14-5-4-10-18-14/h4-10,13,15H,3H2,1-2H3/t13-/m0/s1. The fourth-order valence-corrected chi connectivity index (χ4v) is 4.16. The van der Waals surface area contributed by atoms with Crippen LogP contribution in [0.2, 0.25) is 0 Å². The van der Waals surface area contributed by atoms with E-state index in [0.717, 1.165) is 5.56 Å². The third kappa shape index (κ3) is 3.43. The van der Waals surface area contributed by atoms with Crippen molar-refractivity contribution >= 4 is 21.4 Å². The average molecular weight is 295 g/mol. The number of thiophene rings is 1. The summed E-state index contributed by atoms with van der Waals surface area (Å²) in [5, 5.41) is 1.77. The lowest BCUT2D eigenvalue weighted by Gasteiger charge is -2.17. The van der Waals surface area contributed by atoms with Gasteiger partial charge >= 0.3 is 0 Å². The Kier molecular flexibility index (Phi) is 4.39. The maximum absolute atomic E-state index is 12.2. The quantitative estimate of drug-likeness (QED) is 0.918. The Balaban J connectivity index is 2.22. The van der Waals surface area contributed by atoms with Gasteiger partial charge in [0, 0.05) is 6.04 Å². The van der Waals surface area contributed by atoms with Crippen LogP contribution in [-0.4, -0.2) is 8.42 Å². The van der Waals surface area contributed by atoms with E-state index in [1.165, 1.54) is 16.9 Å². The summed E-state index contributed by atoms with van der Waals surface area (Å²) in [7, 11) is -3.42. The van der Waals surface area contributed by atoms with Gasteiger partial charge in [0.25, 0.3) is 10.0 Å². The van der Waals surface area contributed by atoms with E-state index in [2.05, 4.69) is 4.72 Å². The lowest BCUT2D eigenvalue weighted by atomic mass is 10.0. The van der Waals surface area contributed by atoms with Crippen molar-refractivity contribution in [1.29, 1.82) is 0 Å². The molecule has 0 radical (unpaired) electrons. The van der Waals surface area contributed by atoms with Gasteiger partial charge in [0.2, 0.25) is 0 Å². The van der Waals surface area contributed by atoms with Crippen molar-refractivity contribution in [2.75, 3.05) is 0 Å². The van der Waals surface area contributed by atoms with Gasteiger partial charge in [-0.2, -0.15) is 0 Å². The molecule has 5 heteroatoms. The number of aryl methyl sites for hydroxylation is 1. The Morgan fingerprint density at radius 3 is 2.42 bits per heavy atom. The Hall–Kier alpha value is -1.17. The fourth-order valence-electron chi connectivity index (χ4n) is 1.85. The lowest BCUT2D eigenvalue weighted by molar-refractivity contribution is 0.552. The van der Waals surface area contributed by atoms with Crippen LogP contribution in [0.4, 0.5) is 0 Å². The molecule has 0 bridgehead atoms. The van der Waals surface area contributed by atoms with E-state index in [0.29, 0.717) is 10.6 Å². The normalized spacial score (nSPS) is 13.4. The Morgan fingerprint density at radius 2 is 1.89 bits per heavy atom. The second-order valence-corrected chi connectivity index (χ2v) is 7.31. The summed E-state index contributed by atoms with van der Waals surface area (Å²) in [6, 6.07) is 11.1. The lowest BCUT2D eigenvalue weighted by Crippen LogP contribution is -2.27. The molecule has 0 unspecified atom stereocenters. The minimum absolute atomic E-state index is 0.187. The van der Waals surface area contributed by atoms with Crippen LogP contribution in [0, 0.1) is 6.92 Å². The van der Waals surface area contributed by atoms with E-state index in [9.17, 15) is 8.42 Å². The van der Waals surface area contributed by atoms with Crippen LogP contribution in [0.15, 0.2) is 46.0 Å². The third-order valence-corrected chi connectivity index (χ3v) is 5.81. The molecule has 0 saturated heterocycles. The summed E-state index contributed by atoms with van der Waals surface area (Å²) in [4.78, 5) is 0. The van der Waals surface area contributed by atoms with E-state index in [-0.39, 0.29) is 6.04 Å². The van der Waals surface area contributed by atoms with E-state index in [1.807, 2.05) is 38.1 Å². The van der Waals surface area contributed by atoms with E-state index >= 15 is 0 Å². The first-order valence-electron chi connectivity index (χ1n) is 6.15. The molecule has 1 aromatic carbocycles. The molecule has 2 rings (SSSR count). The van der Waals surface area contributed by atoms with E-state index in [1.54, 1.807) is 17.5 Å². The van der Waals surface area contributed by atoms with Crippen LogP contribution in [0.5, 0.6) is 0 Å². The van der Waals surface area contributed by atoms with Gasteiger partial charge in [0.15, 0.2) is 0 Å². The SMILES string of the molecule is CC[C@H](NS(=O)(=O)c1cccs1)c1ccc(C)cc1. The number of benzene rings is 1. The van der Waals surface area contributed by atoms with Gasteiger partial charge in [-0.25, -0.2) is 13.1 Å². The minimum atomic E-state index is -3.42. The highest BCUT2D eigenvalue weighted by atomic mass is 32.2. The molecule has 1 heterocycles. The topological polar surface area (TPSA) is 46.2 Å². The largest absolute Gasteiger partial charge is 0.250 e. The highest BCUT2D eigenvalue weighted by Gasteiger charge is 2.20. The van der Waals surface area contributed by atoms with Gasteiger partial charge in [-0.05, 0) is 30.4 Å². The molecule has 1 N–H and O–H groups in total. The van der Waals surface area contributed by atoms with Crippen LogP contribution in [0.3, 0.4) is 0 Å². The summed E-state index contributed by atoms with van der Waals surface area (Å²) >= 11 is 1.23. The van der Waals surface area contributed by atoms with Crippen LogP contribution in [0.25, 0.3) is 0 Å². The minimum Gasteiger partial charge on any atom is -0.206 e. The first-order chi connectivity index (χ1) is 9.03. The molecule has 2 aromatic rings. The second-order valence-electron chi connectivity index (χ2n) is 4.42. The highest BCUT2D eigenvalue weighted by Crippen LogP contribution is 2.22. The molecule has 3 nitrogen and oxygen atoms in total. The molecule has 0 aliphatic carbocycles. The van der Waals surface area contributed by atoms with Gasteiger partial charge in [0.1, 0.15) is 4.21 Å². The number of sulfonamides is 1. The second kappa shape index (κ2) is 5.86. The summed E-state index contributed by atoms with van der Waals surface area (Å²) in [5.41, 5.74) is 2.16. The van der Waals surface area contributed by atoms with Crippen molar-refractivity contribution in [3.8, 4) is 0 Å². The molecule has 102 valence electrons. The van der Waals surface area contributed by atoms with Crippen LogP contribution >= 0.6 is 11.3 Å². The van der Waals surface area contributed by atoms with Crippen molar-refractivity contribution < 1.29 is 8.42 Å². The average Bonchev–Trinajstić information content (AvgIpc) is 2.92. The zero-order valence-corrected chi connectivity index (χ0v) is 12.6. The Labute approximate surface area is 118 Å². The summed E-state index contributed by atoms with van der Waals surface area (Å²) in [6.07, 6.45) is 0.716. The molecule has 0 spiro atoms. The predicted octanol–water partition coefficient (Wildman–Crippen LogP) is 3.49. The van der Waals surface area contributed by atoms with Crippen LogP contribution in [0.1, 0.15) is 30.5 Å². The number of hydrogen-bond acceptors (Lipinski definition) is 3. The highest BCUT2D eigenvalue weighted by molar-refractivity contribution is 7.91. The van der Waals surface area contributed by atoms with Gasteiger partial charge in [0.05, 0.1) is 0 Å². The first-order valence-corrected chi connectivity index (χ1v) is 8.51. The van der Waals surface area contributed by atoms with Crippen LogP contribution in [-0.2, 0) is 10.0 Å². The van der Waals surface area contributed by atoms with E-state index < -0.39 is 10.0 Å². The predicted molar refractivity (Wildman–Crippen MR) is 78.9 cm³/mol. The maximum Gasteiger partial charge on any atom is 0.250 e. The van der Waals surface area contributed by atoms with Crippen molar-refractivity contribution in [2.24, 2.45) is 0 Å². The van der Waals surface area contributed by atoms with Gasteiger partial charge in [-0.3, -0.25) is 0 Å². The molecule has 0 fully saturated rings. The van der Waals surface area contributed by atoms with Gasteiger partial charge in [-0.1, -0.05) is 42.8 Å². The molecular formula is C14H17NO2S2. The number of hydrogen-bond donors (Lipinski definition) is 1. The molecule has 1 aromatic heterocycles. The van der Waals surface area contributed by atoms with Crippen molar-refractivity contribution in [2.45, 2.75) is 30.5 Å². The van der Waals surface area contributed by atoms with Crippen LogP contribution < -0.4 is 4.72 Å². The van der Waals surface area contributed by atoms with E-state index in [4.69, 9.17) is 0 Å². The molecular weight excluding hydrogens is 278 g/mol. The Bertz CT molecular complexity index is 616. The first kappa shape index (κ1) is 14.2. The van der Waals surface area contributed by atoms with Crippen molar-refractivity contribution in [3.05, 3.63) is 52.9 Å². The molecule has 1 atom stereocenters. The third-order valence-electron chi connectivity index (χ3n) is 2.95. The zero-order valence-electron chi connectivity index (χ0n) is 11.0. The molecule has 0 aliphatic heterocycles. The van der Waals surface area contributed by atoms with Gasteiger partial charge < -0.3 is 0 Å². The monoisotopic (exact) mass is 295 g/mol. The van der Waals surface area contributed by atoms with Gasteiger partial charge in [-0.15, -0.1) is 11.3 Å². The fraction of sp³-hybridized carbons (Fsp3) is 0.286. The number of rotatable bonds is 5. The molecule has 19 heavy (non-hydrogen) atoms. The molecule has 0 aliphatic rings. The smallest absolute Gasteiger partial charge is 0.206 e. The zero-order chi connectivity index (χ0) is 13.9. The Morgan fingerprint density at radius 1 is 1.21 bits per heavy atom. The summed E-state index contributed by atoms with van der Waals surface area (Å²) < 4.78 is 27.5. The maximum atomic E-state index is 12.2. The van der Waals surface area contributed by atoms with Crippen molar-refractivity contribution in [1.82, 2.24) is 4.72 Å².